The van der Waals surface area contributed by atoms with E-state index in [1.165, 1.54) is 12.1 Å². The van der Waals surface area contributed by atoms with Crippen molar-refractivity contribution < 1.29 is 22.9 Å². The third-order valence-electron chi connectivity index (χ3n) is 5.38. The second-order valence-electron chi connectivity index (χ2n) is 7.98. The fraction of sp³-hybridized carbons (Fsp3) is 0.409. The highest BCUT2D eigenvalue weighted by Crippen LogP contribution is 2.27. The number of nitrogens with one attached hydrogen (secondary N) is 1. The summed E-state index contributed by atoms with van der Waals surface area (Å²) >= 11 is 0. The molecule has 1 N–H and O–H groups in total. The molecule has 0 radical (unpaired) electrons. The Morgan fingerprint density at radius 3 is 2.39 bits per heavy atom. The largest absolute Gasteiger partial charge is 0.379 e. The molecule has 0 spiro atoms. The topological polar surface area (TPSA) is 122 Å². The maximum absolute atomic E-state index is 12.5. The molecule has 1 aliphatic rings. The highest BCUT2D eigenvalue weighted by atomic mass is 32.2. The van der Waals surface area contributed by atoms with E-state index in [0.29, 0.717) is 5.56 Å². The number of ether oxygens (including phenoxy) is 1. The number of nitro groups is 1. The summed E-state index contributed by atoms with van der Waals surface area (Å²) in [5.74, 6) is -0.510. The molecule has 0 bridgehead atoms. The van der Waals surface area contributed by atoms with Crippen molar-refractivity contribution in [1.82, 2.24) is 10.2 Å². The molecule has 2 aromatic carbocycles. The molecule has 33 heavy (non-hydrogen) atoms. The Morgan fingerprint density at radius 1 is 1.15 bits per heavy atom. The zero-order chi connectivity index (χ0) is 24.0. The van der Waals surface area contributed by atoms with Gasteiger partial charge in [-0.2, -0.15) is 0 Å². The number of anilines is 1. The van der Waals surface area contributed by atoms with Crippen LogP contribution in [-0.2, 0) is 32.6 Å². The number of hydrogen-bond donors (Lipinski definition) is 1. The molecule has 0 aromatic heterocycles. The molecular weight excluding hydrogens is 448 g/mol. The summed E-state index contributed by atoms with van der Waals surface area (Å²) in [5.41, 5.74) is 2.41. The van der Waals surface area contributed by atoms with E-state index in [1.54, 1.807) is 6.92 Å². The fourth-order valence-corrected chi connectivity index (χ4v) is 4.43. The van der Waals surface area contributed by atoms with Crippen LogP contribution in [0.15, 0.2) is 42.5 Å². The standard InChI is InChI=1S/C22H28N4O6S/c1-17-3-8-20(26(28)29)13-21(17)25(33(2,30)31)16-22(27)23-14-18-4-6-19(7-5-18)15-24-9-11-32-12-10-24/h3-8,13H,9-12,14-16H2,1-2H3,(H,23,27). The molecule has 1 heterocycles. The van der Waals surface area contributed by atoms with Crippen molar-refractivity contribution in [3.63, 3.8) is 0 Å². The number of carbonyl (C=O) groups excluding carboxylic acids is 1. The van der Waals surface area contributed by atoms with Crippen LogP contribution >= 0.6 is 0 Å². The van der Waals surface area contributed by atoms with Crippen LogP contribution in [-0.4, -0.2) is 63.3 Å². The molecule has 1 saturated heterocycles. The second kappa shape index (κ2) is 10.7. The van der Waals surface area contributed by atoms with Crippen LogP contribution in [0.5, 0.6) is 0 Å². The van der Waals surface area contributed by atoms with E-state index in [2.05, 4.69) is 10.2 Å². The number of sulfonamides is 1. The number of rotatable bonds is 9. The number of carbonyl (C=O) groups is 1. The maximum Gasteiger partial charge on any atom is 0.271 e. The van der Waals surface area contributed by atoms with Gasteiger partial charge in [-0.05, 0) is 23.6 Å². The molecule has 0 aliphatic carbocycles. The Hall–Kier alpha value is -3.02. The van der Waals surface area contributed by atoms with Crippen molar-refractivity contribution in [3.05, 3.63) is 69.3 Å². The van der Waals surface area contributed by atoms with Crippen molar-refractivity contribution in [1.29, 1.82) is 0 Å². The zero-order valence-electron chi connectivity index (χ0n) is 18.7. The van der Waals surface area contributed by atoms with Crippen LogP contribution in [0.25, 0.3) is 0 Å². The molecule has 0 unspecified atom stereocenters. The smallest absolute Gasteiger partial charge is 0.271 e. The SMILES string of the molecule is Cc1ccc([N+](=O)[O-])cc1N(CC(=O)NCc1ccc(CN2CCOCC2)cc1)S(C)(=O)=O. The number of hydrogen-bond acceptors (Lipinski definition) is 7. The molecule has 1 aliphatic heterocycles. The van der Waals surface area contributed by atoms with Crippen LogP contribution in [0.3, 0.4) is 0 Å². The summed E-state index contributed by atoms with van der Waals surface area (Å²) in [6.45, 7) is 5.51. The molecule has 2 aromatic rings. The first-order valence-electron chi connectivity index (χ1n) is 10.5. The number of nitro benzene ring substituents is 1. The molecule has 1 fully saturated rings. The van der Waals surface area contributed by atoms with Gasteiger partial charge in [-0.25, -0.2) is 8.42 Å². The van der Waals surface area contributed by atoms with Gasteiger partial charge in [0.1, 0.15) is 6.54 Å². The maximum atomic E-state index is 12.5. The summed E-state index contributed by atoms with van der Waals surface area (Å²) in [6, 6.07) is 11.8. The first-order valence-corrected chi connectivity index (χ1v) is 12.4. The number of nitrogens with zero attached hydrogens (tertiary/aromatic N) is 3. The fourth-order valence-electron chi connectivity index (χ4n) is 3.53. The third kappa shape index (κ3) is 6.98. The minimum absolute atomic E-state index is 0.106. The van der Waals surface area contributed by atoms with Crippen molar-refractivity contribution in [2.45, 2.75) is 20.0 Å². The Morgan fingerprint density at radius 2 is 1.79 bits per heavy atom. The summed E-state index contributed by atoms with van der Waals surface area (Å²) in [7, 11) is -3.84. The van der Waals surface area contributed by atoms with Gasteiger partial charge in [0.25, 0.3) is 5.69 Å². The van der Waals surface area contributed by atoms with Gasteiger partial charge in [0.15, 0.2) is 0 Å². The average Bonchev–Trinajstić information content (AvgIpc) is 2.77. The molecule has 10 nitrogen and oxygen atoms in total. The zero-order valence-corrected chi connectivity index (χ0v) is 19.5. The van der Waals surface area contributed by atoms with Gasteiger partial charge >= 0.3 is 0 Å². The second-order valence-corrected chi connectivity index (χ2v) is 9.89. The molecule has 11 heteroatoms. The molecule has 178 valence electrons. The van der Waals surface area contributed by atoms with Gasteiger partial charge in [-0.3, -0.25) is 24.1 Å². The first-order chi connectivity index (χ1) is 15.6. The highest BCUT2D eigenvalue weighted by molar-refractivity contribution is 7.92. The minimum atomic E-state index is -3.84. The predicted molar refractivity (Wildman–Crippen MR) is 124 cm³/mol. The van der Waals surface area contributed by atoms with Crippen LogP contribution in [0.4, 0.5) is 11.4 Å². The van der Waals surface area contributed by atoms with Gasteiger partial charge in [-0.1, -0.05) is 30.3 Å². The van der Waals surface area contributed by atoms with E-state index in [4.69, 9.17) is 4.74 Å². The van der Waals surface area contributed by atoms with Crippen LogP contribution in [0.1, 0.15) is 16.7 Å². The summed E-state index contributed by atoms with van der Waals surface area (Å²) < 4.78 is 30.9. The number of morpholine rings is 1. The van der Waals surface area contributed by atoms with Crippen LogP contribution < -0.4 is 9.62 Å². The normalized spacial score (nSPS) is 14.6. The Balaban J connectivity index is 1.62. The molecule has 0 saturated carbocycles. The van der Waals surface area contributed by atoms with Crippen molar-refractivity contribution in [2.24, 2.45) is 0 Å². The van der Waals surface area contributed by atoms with Crippen LogP contribution in [0, 0.1) is 17.0 Å². The Labute approximate surface area is 193 Å². The van der Waals surface area contributed by atoms with Gasteiger partial charge in [-0.15, -0.1) is 0 Å². The lowest BCUT2D eigenvalue weighted by atomic mass is 10.1. The monoisotopic (exact) mass is 476 g/mol. The summed E-state index contributed by atoms with van der Waals surface area (Å²) in [5, 5.41) is 13.8. The summed E-state index contributed by atoms with van der Waals surface area (Å²) in [6.07, 6.45) is 0.964. The number of benzene rings is 2. The first kappa shape index (κ1) is 24.6. The van der Waals surface area contributed by atoms with Gasteiger partial charge in [0.2, 0.25) is 15.9 Å². The number of non-ortho nitro benzene ring substituents is 1. The Bertz CT molecular complexity index is 1100. The van der Waals surface area contributed by atoms with E-state index in [1.807, 2.05) is 24.3 Å². The number of amides is 1. The van der Waals surface area contributed by atoms with Crippen molar-refractivity contribution in [3.8, 4) is 0 Å². The Kier molecular flexibility index (Phi) is 8.01. The van der Waals surface area contributed by atoms with E-state index in [-0.39, 0.29) is 17.9 Å². The van der Waals surface area contributed by atoms with Gasteiger partial charge in [0.05, 0.1) is 30.1 Å². The third-order valence-corrected chi connectivity index (χ3v) is 6.51. The highest BCUT2D eigenvalue weighted by Gasteiger charge is 2.24. The molecule has 0 atom stereocenters. The van der Waals surface area contributed by atoms with Crippen LogP contribution in [0.2, 0.25) is 0 Å². The lowest BCUT2D eigenvalue weighted by molar-refractivity contribution is -0.384. The van der Waals surface area contributed by atoms with Gasteiger partial charge < -0.3 is 10.1 Å². The lowest BCUT2D eigenvalue weighted by Crippen LogP contribution is -2.40. The van der Waals surface area contributed by atoms with E-state index >= 15 is 0 Å². The molecule has 3 rings (SSSR count). The van der Waals surface area contributed by atoms with Gasteiger partial charge in [0, 0.05) is 38.3 Å². The molecular formula is C22H28N4O6S. The predicted octanol–water partition coefficient (Wildman–Crippen LogP) is 1.82. The number of aryl methyl sites for hydroxylation is 1. The van der Waals surface area contributed by atoms with Crippen molar-refractivity contribution >= 4 is 27.3 Å². The van der Waals surface area contributed by atoms with Crippen molar-refractivity contribution in [2.75, 3.05) is 43.4 Å². The average molecular weight is 477 g/mol. The van der Waals surface area contributed by atoms with E-state index in [9.17, 15) is 23.3 Å². The molecule has 1 amide bonds. The lowest BCUT2D eigenvalue weighted by Gasteiger charge is -2.26. The quantitative estimate of drug-likeness (QED) is 0.433. The van der Waals surface area contributed by atoms with E-state index in [0.717, 1.165) is 60.6 Å². The minimum Gasteiger partial charge on any atom is -0.379 e. The van der Waals surface area contributed by atoms with E-state index < -0.39 is 27.4 Å². The summed E-state index contributed by atoms with van der Waals surface area (Å²) in [4.78, 5) is 25.4.